The molecule has 0 spiro atoms. The molecule has 3 nitrogen and oxygen atoms in total. The number of esters is 1. The Morgan fingerprint density at radius 1 is 1.00 bits per heavy atom. The van der Waals surface area contributed by atoms with E-state index in [1.165, 1.54) is 12.1 Å². The zero-order valence-corrected chi connectivity index (χ0v) is 15.3. The minimum absolute atomic E-state index is 0.168. The molecule has 0 amide bonds. The van der Waals surface area contributed by atoms with E-state index in [1.807, 2.05) is 0 Å². The molecule has 2 rings (SSSR count). The number of ether oxygens (including phenoxy) is 2. The molecular weight excluding hydrogens is 438 g/mol. The fourth-order valence-electron chi connectivity index (χ4n) is 1.50. The summed E-state index contributed by atoms with van der Waals surface area (Å²) in [6, 6.07) is 7.70. The van der Waals surface area contributed by atoms with Crippen molar-refractivity contribution < 1.29 is 14.3 Å². The lowest BCUT2D eigenvalue weighted by Crippen LogP contribution is -2.18. The Morgan fingerprint density at radius 2 is 1.68 bits per heavy atom. The van der Waals surface area contributed by atoms with Crippen LogP contribution in [0.1, 0.15) is 0 Å². The van der Waals surface area contributed by atoms with Crippen LogP contribution in [-0.4, -0.2) is 12.6 Å². The smallest absolute Gasteiger partial charge is 0.349 e. The van der Waals surface area contributed by atoms with Gasteiger partial charge in [0.25, 0.3) is 0 Å². The van der Waals surface area contributed by atoms with E-state index >= 15 is 0 Å². The second-order valence-corrected chi connectivity index (χ2v) is 6.58. The lowest BCUT2D eigenvalue weighted by atomic mass is 10.3. The van der Waals surface area contributed by atoms with Crippen molar-refractivity contribution in [2.75, 3.05) is 6.61 Å². The lowest BCUT2D eigenvalue weighted by molar-refractivity contribution is -0.136. The maximum absolute atomic E-state index is 11.8. The number of rotatable bonds is 4. The minimum atomic E-state index is -0.643. The van der Waals surface area contributed by atoms with Gasteiger partial charge in [0, 0.05) is 10.0 Å². The van der Waals surface area contributed by atoms with Crippen molar-refractivity contribution >= 4 is 68.3 Å². The topological polar surface area (TPSA) is 35.5 Å². The van der Waals surface area contributed by atoms with Crippen molar-refractivity contribution in [3.63, 3.8) is 0 Å². The highest BCUT2D eigenvalue weighted by Crippen LogP contribution is 2.36. The molecule has 0 N–H and O–H groups in total. The minimum Gasteiger partial charge on any atom is -0.480 e. The number of halogens is 5. The number of benzene rings is 2. The highest BCUT2D eigenvalue weighted by molar-refractivity contribution is 9.10. The van der Waals surface area contributed by atoms with Crippen LogP contribution in [0.15, 0.2) is 34.8 Å². The quantitative estimate of drug-likeness (QED) is 0.425. The van der Waals surface area contributed by atoms with Gasteiger partial charge in [-0.25, -0.2) is 4.79 Å². The molecule has 0 saturated heterocycles. The van der Waals surface area contributed by atoms with Gasteiger partial charge in [0.05, 0.1) is 14.5 Å². The Morgan fingerprint density at radius 3 is 2.32 bits per heavy atom. The molecule has 0 aliphatic carbocycles. The van der Waals surface area contributed by atoms with Crippen LogP contribution in [0.4, 0.5) is 0 Å². The molecule has 8 heteroatoms. The molecule has 0 aliphatic heterocycles. The van der Waals surface area contributed by atoms with Gasteiger partial charge in [-0.05, 0) is 46.3 Å². The van der Waals surface area contributed by atoms with Crippen molar-refractivity contribution in [1.82, 2.24) is 0 Å². The van der Waals surface area contributed by atoms with Crippen LogP contribution in [0, 0.1) is 0 Å². The van der Waals surface area contributed by atoms with Crippen LogP contribution in [0.2, 0.25) is 20.1 Å². The molecule has 116 valence electrons. The van der Waals surface area contributed by atoms with Crippen molar-refractivity contribution in [3.8, 4) is 11.5 Å². The first-order valence-corrected chi connectivity index (χ1v) is 8.10. The summed E-state index contributed by atoms with van der Waals surface area (Å²) in [5.74, 6) is -0.151. The predicted octanol–water partition coefficient (Wildman–Crippen LogP) is 6.05. The average molecular weight is 445 g/mol. The standard InChI is InChI=1S/C14H7BrCl4O3/c15-9-3-8(17)5-11(19)14(9)22-13(20)6-21-12-2-1-7(16)4-10(12)18/h1-5H,6H2. The number of carbonyl (C=O) groups is 1. The Kier molecular flexibility index (Phi) is 6.24. The first kappa shape index (κ1) is 17.7. The second kappa shape index (κ2) is 7.75. The molecule has 0 heterocycles. The monoisotopic (exact) mass is 442 g/mol. The summed E-state index contributed by atoms with van der Waals surface area (Å²) in [4.78, 5) is 11.8. The Hall–Kier alpha value is -0.650. The maximum Gasteiger partial charge on any atom is 0.349 e. The molecule has 0 unspecified atom stereocenters. The maximum atomic E-state index is 11.8. The third-order valence-electron chi connectivity index (χ3n) is 2.42. The molecule has 0 bridgehead atoms. The molecule has 0 radical (unpaired) electrons. The fourth-order valence-corrected chi connectivity index (χ4v) is 3.28. The zero-order valence-electron chi connectivity index (χ0n) is 10.7. The number of carbonyl (C=O) groups excluding carboxylic acids is 1. The average Bonchev–Trinajstić information content (AvgIpc) is 2.42. The number of hydrogen-bond acceptors (Lipinski definition) is 3. The molecule has 0 atom stereocenters. The summed E-state index contributed by atoms with van der Waals surface area (Å²) in [5, 5.41) is 1.39. The van der Waals surface area contributed by atoms with Gasteiger partial charge in [-0.3, -0.25) is 0 Å². The Balaban J connectivity index is 2.02. The molecule has 2 aromatic carbocycles. The van der Waals surface area contributed by atoms with Gasteiger partial charge in [0.2, 0.25) is 0 Å². The van der Waals surface area contributed by atoms with E-state index < -0.39 is 5.97 Å². The van der Waals surface area contributed by atoms with Crippen LogP contribution in [0.5, 0.6) is 11.5 Å². The van der Waals surface area contributed by atoms with E-state index in [2.05, 4.69) is 15.9 Å². The van der Waals surface area contributed by atoms with Crippen molar-refractivity contribution in [2.45, 2.75) is 0 Å². The largest absolute Gasteiger partial charge is 0.480 e. The van der Waals surface area contributed by atoms with Crippen molar-refractivity contribution in [1.29, 1.82) is 0 Å². The van der Waals surface area contributed by atoms with Gasteiger partial charge in [-0.1, -0.05) is 46.4 Å². The summed E-state index contributed by atoms with van der Waals surface area (Å²) in [5.41, 5.74) is 0. The second-order valence-electron chi connectivity index (χ2n) is 4.04. The Bertz CT molecular complexity index is 698. The van der Waals surface area contributed by atoms with Crippen LogP contribution >= 0.6 is 62.3 Å². The van der Waals surface area contributed by atoms with Gasteiger partial charge < -0.3 is 9.47 Å². The molecule has 0 aromatic heterocycles. The van der Waals surface area contributed by atoms with Crippen LogP contribution in [0.25, 0.3) is 0 Å². The predicted molar refractivity (Wildman–Crippen MR) is 91.8 cm³/mol. The van der Waals surface area contributed by atoms with Crippen LogP contribution in [-0.2, 0) is 4.79 Å². The van der Waals surface area contributed by atoms with E-state index in [1.54, 1.807) is 18.2 Å². The van der Waals surface area contributed by atoms with Crippen molar-refractivity contribution in [3.05, 3.63) is 54.9 Å². The molecule has 2 aromatic rings. The van der Waals surface area contributed by atoms with E-state index in [4.69, 9.17) is 55.9 Å². The first-order chi connectivity index (χ1) is 10.4. The van der Waals surface area contributed by atoms with Gasteiger partial charge in [0.15, 0.2) is 12.4 Å². The van der Waals surface area contributed by atoms with Crippen molar-refractivity contribution in [2.24, 2.45) is 0 Å². The highest BCUT2D eigenvalue weighted by Gasteiger charge is 2.14. The zero-order chi connectivity index (χ0) is 16.3. The number of hydrogen-bond donors (Lipinski definition) is 0. The van der Waals surface area contributed by atoms with Gasteiger partial charge in [0.1, 0.15) is 5.75 Å². The van der Waals surface area contributed by atoms with E-state index in [9.17, 15) is 4.79 Å². The normalized spacial score (nSPS) is 10.4. The van der Waals surface area contributed by atoms with Gasteiger partial charge in [-0.2, -0.15) is 0 Å². The summed E-state index contributed by atoms with van der Waals surface area (Å²) < 4.78 is 10.9. The summed E-state index contributed by atoms with van der Waals surface area (Å²) in [6.45, 7) is -0.341. The van der Waals surface area contributed by atoms with Gasteiger partial charge in [-0.15, -0.1) is 0 Å². The lowest BCUT2D eigenvalue weighted by Gasteiger charge is -2.10. The third kappa shape index (κ3) is 4.67. The highest BCUT2D eigenvalue weighted by atomic mass is 79.9. The first-order valence-electron chi connectivity index (χ1n) is 5.80. The third-order valence-corrected chi connectivity index (χ3v) is 4.04. The molecular formula is C14H7BrCl4O3. The summed E-state index contributed by atoms with van der Waals surface area (Å²) >= 11 is 26.7. The van der Waals surface area contributed by atoms with Crippen LogP contribution < -0.4 is 9.47 Å². The summed E-state index contributed by atoms with van der Waals surface area (Å²) in [6.07, 6.45) is 0. The Labute approximate surface area is 155 Å². The molecule has 0 fully saturated rings. The fraction of sp³-hybridized carbons (Fsp3) is 0.0714. The van der Waals surface area contributed by atoms with E-state index in [-0.39, 0.29) is 17.4 Å². The summed E-state index contributed by atoms with van der Waals surface area (Å²) in [7, 11) is 0. The molecule has 0 saturated carbocycles. The van der Waals surface area contributed by atoms with Crippen LogP contribution in [0.3, 0.4) is 0 Å². The molecule has 22 heavy (non-hydrogen) atoms. The van der Waals surface area contributed by atoms with E-state index in [0.29, 0.717) is 25.3 Å². The van der Waals surface area contributed by atoms with Gasteiger partial charge >= 0.3 is 5.97 Å². The van der Waals surface area contributed by atoms with E-state index in [0.717, 1.165) is 0 Å². The molecule has 0 aliphatic rings. The SMILES string of the molecule is O=C(COc1ccc(Cl)cc1Cl)Oc1c(Cl)cc(Cl)cc1Br.